The van der Waals surface area contributed by atoms with Crippen LogP contribution < -0.4 is 4.74 Å². The lowest BCUT2D eigenvalue weighted by Crippen LogP contribution is -2.07. The van der Waals surface area contributed by atoms with E-state index in [1.165, 1.54) is 3.57 Å². The zero-order valence-electron chi connectivity index (χ0n) is 12.3. The van der Waals surface area contributed by atoms with Crippen molar-refractivity contribution in [3.63, 3.8) is 0 Å². The molecule has 1 aliphatic rings. The molecule has 0 atom stereocenters. The number of aromatic nitrogens is 3. The van der Waals surface area contributed by atoms with Crippen LogP contribution in [0.25, 0.3) is 17.3 Å². The van der Waals surface area contributed by atoms with Crippen LogP contribution in [0.5, 0.6) is 5.75 Å². The average Bonchev–Trinajstić information content (AvgIpc) is 2.91. The molecule has 4 rings (SSSR count). The van der Waals surface area contributed by atoms with Gasteiger partial charge in [-0.2, -0.15) is 0 Å². The Morgan fingerprint density at radius 2 is 2.05 bits per heavy atom. The molecule has 3 aromatic rings. The Morgan fingerprint density at radius 1 is 1.18 bits per heavy atom. The number of benzene rings is 1. The second-order valence-electron chi connectivity index (χ2n) is 5.47. The number of hydrogen-bond donors (Lipinski definition) is 0. The van der Waals surface area contributed by atoms with Crippen LogP contribution in [0.3, 0.4) is 0 Å². The van der Waals surface area contributed by atoms with Crippen LogP contribution in [0, 0.1) is 17.4 Å². The summed E-state index contributed by atoms with van der Waals surface area (Å²) in [6.07, 6.45) is 6.20. The van der Waals surface area contributed by atoms with Gasteiger partial charge in [-0.1, -0.05) is 6.07 Å². The lowest BCUT2D eigenvalue weighted by Gasteiger charge is -2.17. The van der Waals surface area contributed by atoms with Gasteiger partial charge in [-0.15, -0.1) is 0 Å². The Bertz CT molecular complexity index is 927. The molecule has 0 spiro atoms. The summed E-state index contributed by atoms with van der Waals surface area (Å²) in [7, 11) is 0. The molecule has 2 aromatic heterocycles. The molecule has 0 bridgehead atoms. The predicted octanol–water partition coefficient (Wildman–Crippen LogP) is 3.88. The van der Waals surface area contributed by atoms with E-state index in [2.05, 4.69) is 51.8 Å². The third-order valence-electron chi connectivity index (χ3n) is 3.74. The van der Waals surface area contributed by atoms with Gasteiger partial charge in [-0.3, -0.25) is 4.98 Å². The van der Waals surface area contributed by atoms with E-state index in [-0.39, 0.29) is 0 Å². The molecular formula is C17H14IN3O. The number of hydrogen-bond acceptors (Lipinski definition) is 3. The maximum atomic E-state index is 5.88. The highest BCUT2D eigenvalue weighted by atomic mass is 127. The van der Waals surface area contributed by atoms with E-state index < -0.39 is 0 Å². The van der Waals surface area contributed by atoms with E-state index in [1.807, 2.05) is 30.6 Å². The summed E-state index contributed by atoms with van der Waals surface area (Å²) in [5.74, 6) is 0.938. The van der Waals surface area contributed by atoms with Crippen LogP contribution in [0.1, 0.15) is 22.6 Å². The maximum Gasteiger partial charge on any atom is 0.158 e. The number of nitrogens with zero attached hydrogens (tertiary/aromatic N) is 3. The Morgan fingerprint density at radius 3 is 2.91 bits per heavy atom. The summed E-state index contributed by atoms with van der Waals surface area (Å²) >= 11 is 2.30. The fourth-order valence-corrected chi connectivity index (χ4v) is 3.21. The van der Waals surface area contributed by atoms with Gasteiger partial charge >= 0.3 is 0 Å². The lowest BCUT2D eigenvalue weighted by molar-refractivity contribution is 0.365. The number of imidazole rings is 1. The van der Waals surface area contributed by atoms with E-state index in [1.54, 1.807) is 0 Å². The third-order valence-corrected chi connectivity index (χ3v) is 4.41. The molecule has 3 heterocycles. The molecule has 0 saturated heterocycles. The summed E-state index contributed by atoms with van der Waals surface area (Å²) in [5, 5.41) is 0. The smallest absolute Gasteiger partial charge is 0.158 e. The number of ether oxygens (including phenoxy) is 1. The molecular weight excluding hydrogens is 389 g/mol. The Kier molecular flexibility index (Phi) is 3.18. The van der Waals surface area contributed by atoms with Crippen molar-refractivity contribution in [1.82, 2.24) is 14.4 Å². The van der Waals surface area contributed by atoms with Crippen molar-refractivity contribution in [3.8, 4) is 5.75 Å². The van der Waals surface area contributed by atoms with Gasteiger partial charge in [0.1, 0.15) is 12.4 Å². The minimum Gasteiger partial charge on any atom is -0.488 e. The average molecular weight is 403 g/mol. The summed E-state index contributed by atoms with van der Waals surface area (Å²) in [5.41, 5.74) is 5.97. The quantitative estimate of drug-likeness (QED) is 0.579. The van der Waals surface area contributed by atoms with Crippen molar-refractivity contribution in [2.45, 2.75) is 13.8 Å². The third kappa shape index (κ3) is 2.29. The summed E-state index contributed by atoms with van der Waals surface area (Å²) in [6, 6.07) is 6.23. The summed E-state index contributed by atoms with van der Waals surface area (Å²) in [6.45, 7) is 4.53. The fraction of sp³-hybridized carbons (Fsp3) is 0.176. The Balaban J connectivity index is 1.82. The molecule has 5 heteroatoms. The van der Waals surface area contributed by atoms with Gasteiger partial charge in [0, 0.05) is 27.1 Å². The van der Waals surface area contributed by atoms with Crippen molar-refractivity contribution in [3.05, 3.63) is 56.8 Å². The molecule has 0 amide bonds. The van der Waals surface area contributed by atoms with Gasteiger partial charge in [0.05, 0.1) is 17.1 Å². The standard InChI is InChI=1S/C17H14IN3O/c1-10-7-21-8-15(20-17(21)11(2)19-10)13-5-12-3-4-14(18)6-16(12)22-9-13/h3-8H,9H2,1-2H3. The highest BCUT2D eigenvalue weighted by Crippen LogP contribution is 2.31. The molecule has 110 valence electrons. The van der Waals surface area contributed by atoms with Gasteiger partial charge in [-0.25, -0.2) is 4.98 Å². The van der Waals surface area contributed by atoms with Gasteiger partial charge in [-0.05, 0) is 54.6 Å². The van der Waals surface area contributed by atoms with Crippen LogP contribution in [-0.2, 0) is 0 Å². The minimum atomic E-state index is 0.544. The Labute approximate surface area is 142 Å². The number of fused-ring (bicyclic) bond motifs is 2. The Hall–Kier alpha value is -1.89. The molecule has 0 fully saturated rings. The first kappa shape index (κ1) is 13.8. The molecule has 0 aliphatic carbocycles. The second-order valence-corrected chi connectivity index (χ2v) is 6.71. The minimum absolute atomic E-state index is 0.544. The molecule has 1 aromatic carbocycles. The normalized spacial score (nSPS) is 13.7. The van der Waals surface area contributed by atoms with E-state index >= 15 is 0 Å². The SMILES string of the molecule is Cc1cn2cc(C3=Cc4ccc(I)cc4OC3)nc2c(C)n1. The first-order valence-corrected chi connectivity index (χ1v) is 8.14. The molecule has 4 nitrogen and oxygen atoms in total. The van der Waals surface area contributed by atoms with Crippen LogP contribution in [0.15, 0.2) is 30.6 Å². The zero-order valence-corrected chi connectivity index (χ0v) is 14.5. The van der Waals surface area contributed by atoms with Crippen LogP contribution >= 0.6 is 22.6 Å². The summed E-state index contributed by atoms with van der Waals surface area (Å²) < 4.78 is 9.10. The topological polar surface area (TPSA) is 39.4 Å². The van der Waals surface area contributed by atoms with Gasteiger partial charge < -0.3 is 9.14 Å². The van der Waals surface area contributed by atoms with Crippen LogP contribution in [-0.4, -0.2) is 21.0 Å². The molecule has 0 radical (unpaired) electrons. The van der Waals surface area contributed by atoms with Crippen molar-refractivity contribution in [2.75, 3.05) is 6.61 Å². The maximum absolute atomic E-state index is 5.88. The van der Waals surface area contributed by atoms with E-state index in [4.69, 9.17) is 9.72 Å². The zero-order chi connectivity index (χ0) is 15.3. The molecule has 1 aliphatic heterocycles. The highest BCUT2D eigenvalue weighted by molar-refractivity contribution is 14.1. The second kappa shape index (κ2) is 5.08. The number of aryl methyl sites for hydroxylation is 2. The first-order valence-electron chi connectivity index (χ1n) is 7.06. The van der Waals surface area contributed by atoms with E-state index in [0.29, 0.717) is 6.61 Å². The number of halogens is 1. The molecule has 22 heavy (non-hydrogen) atoms. The van der Waals surface area contributed by atoms with E-state index in [9.17, 15) is 0 Å². The predicted molar refractivity (Wildman–Crippen MR) is 95.0 cm³/mol. The summed E-state index contributed by atoms with van der Waals surface area (Å²) in [4.78, 5) is 9.19. The van der Waals surface area contributed by atoms with Gasteiger partial charge in [0.25, 0.3) is 0 Å². The molecule has 0 N–H and O–H groups in total. The number of rotatable bonds is 1. The molecule has 0 saturated carbocycles. The van der Waals surface area contributed by atoms with Crippen molar-refractivity contribution < 1.29 is 4.74 Å². The highest BCUT2D eigenvalue weighted by Gasteiger charge is 2.16. The monoisotopic (exact) mass is 403 g/mol. The van der Waals surface area contributed by atoms with E-state index in [0.717, 1.165) is 39.6 Å². The van der Waals surface area contributed by atoms with Crippen LogP contribution in [0.2, 0.25) is 0 Å². The largest absolute Gasteiger partial charge is 0.488 e. The fourth-order valence-electron chi connectivity index (χ4n) is 2.74. The lowest BCUT2D eigenvalue weighted by atomic mass is 10.1. The van der Waals surface area contributed by atoms with Gasteiger partial charge in [0.15, 0.2) is 5.65 Å². The molecule has 0 unspecified atom stereocenters. The first-order chi connectivity index (χ1) is 10.6. The van der Waals surface area contributed by atoms with Crippen molar-refractivity contribution in [1.29, 1.82) is 0 Å². The van der Waals surface area contributed by atoms with Crippen LogP contribution in [0.4, 0.5) is 0 Å². The van der Waals surface area contributed by atoms with Crippen molar-refractivity contribution >= 4 is 39.9 Å². The van der Waals surface area contributed by atoms with Gasteiger partial charge in [0.2, 0.25) is 0 Å². The van der Waals surface area contributed by atoms with Crippen molar-refractivity contribution in [2.24, 2.45) is 0 Å².